The number of rotatable bonds is 5. The standard InChI is InChI=1S/C16H13BrINO2S/c17-12-9-11-15(22-12)13(18)14(16(20)21)19(11)8-4-7-10-5-2-1-3-6-10/h1-3,5-6,9H,4,7-8H2,(H,20,21). The van der Waals surface area contributed by atoms with E-state index in [1.807, 2.05) is 28.8 Å². The van der Waals surface area contributed by atoms with Crippen LogP contribution in [0, 0.1) is 3.57 Å². The molecule has 6 heteroatoms. The van der Waals surface area contributed by atoms with Crippen LogP contribution in [0.2, 0.25) is 0 Å². The normalized spacial score (nSPS) is 11.2. The molecule has 1 N–H and O–H groups in total. The summed E-state index contributed by atoms with van der Waals surface area (Å²) in [6, 6.07) is 12.3. The Morgan fingerprint density at radius 3 is 2.73 bits per heavy atom. The van der Waals surface area contributed by atoms with Crippen LogP contribution in [0.1, 0.15) is 22.5 Å². The first-order chi connectivity index (χ1) is 10.6. The Kier molecular flexibility index (Phi) is 4.89. The average Bonchev–Trinajstić information content (AvgIpc) is 2.98. The minimum Gasteiger partial charge on any atom is -0.477 e. The van der Waals surface area contributed by atoms with Crippen molar-refractivity contribution in [2.75, 3.05) is 0 Å². The smallest absolute Gasteiger partial charge is 0.353 e. The van der Waals surface area contributed by atoms with Crippen LogP contribution in [0.15, 0.2) is 40.2 Å². The van der Waals surface area contributed by atoms with E-state index in [4.69, 9.17) is 0 Å². The van der Waals surface area contributed by atoms with Gasteiger partial charge in [-0.15, -0.1) is 11.3 Å². The van der Waals surface area contributed by atoms with E-state index in [2.05, 4.69) is 50.7 Å². The lowest BCUT2D eigenvalue weighted by Crippen LogP contribution is -2.10. The second-order valence-electron chi connectivity index (χ2n) is 4.97. The van der Waals surface area contributed by atoms with E-state index in [0.29, 0.717) is 12.2 Å². The van der Waals surface area contributed by atoms with E-state index in [1.54, 1.807) is 11.3 Å². The summed E-state index contributed by atoms with van der Waals surface area (Å²) >= 11 is 7.22. The first-order valence-electron chi connectivity index (χ1n) is 6.82. The van der Waals surface area contributed by atoms with Gasteiger partial charge in [0, 0.05) is 6.54 Å². The lowest BCUT2D eigenvalue weighted by Gasteiger charge is -2.08. The van der Waals surface area contributed by atoms with Crippen LogP contribution in [-0.2, 0) is 13.0 Å². The van der Waals surface area contributed by atoms with Gasteiger partial charge in [-0.05, 0) is 63.0 Å². The van der Waals surface area contributed by atoms with Gasteiger partial charge in [0.25, 0.3) is 0 Å². The number of hydrogen-bond donors (Lipinski definition) is 1. The molecule has 114 valence electrons. The number of carbonyl (C=O) groups is 1. The number of nitrogens with zero attached hydrogens (tertiary/aromatic N) is 1. The number of halogens is 2. The maximum Gasteiger partial charge on any atom is 0.353 e. The summed E-state index contributed by atoms with van der Waals surface area (Å²) in [5.74, 6) is -0.858. The number of fused-ring (bicyclic) bond motifs is 1. The van der Waals surface area contributed by atoms with Crippen LogP contribution >= 0.6 is 49.9 Å². The minimum absolute atomic E-state index is 0.405. The third-order valence-electron chi connectivity index (χ3n) is 3.54. The highest BCUT2D eigenvalue weighted by Crippen LogP contribution is 2.37. The predicted octanol–water partition coefficient (Wildman–Crippen LogP) is 5.40. The Hall–Kier alpha value is -0.860. The predicted molar refractivity (Wildman–Crippen MR) is 102 cm³/mol. The maximum absolute atomic E-state index is 11.6. The van der Waals surface area contributed by atoms with Gasteiger partial charge in [0.1, 0.15) is 5.69 Å². The van der Waals surface area contributed by atoms with Gasteiger partial charge in [0.15, 0.2) is 0 Å². The first kappa shape index (κ1) is 16.0. The molecule has 2 aromatic heterocycles. The van der Waals surface area contributed by atoms with Crippen LogP contribution < -0.4 is 0 Å². The molecular formula is C16H13BrINO2S. The van der Waals surface area contributed by atoms with Gasteiger partial charge >= 0.3 is 5.97 Å². The first-order valence-corrected chi connectivity index (χ1v) is 9.51. The number of carboxylic acids is 1. The third-order valence-corrected chi connectivity index (χ3v) is 6.60. The second-order valence-corrected chi connectivity index (χ2v) is 8.48. The molecule has 0 unspecified atom stereocenters. The molecule has 0 aliphatic rings. The Morgan fingerprint density at radius 1 is 1.32 bits per heavy atom. The van der Waals surface area contributed by atoms with E-state index in [0.717, 1.165) is 30.4 Å². The summed E-state index contributed by atoms with van der Waals surface area (Å²) < 4.78 is 4.84. The van der Waals surface area contributed by atoms with Crippen molar-refractivity contribution in [3.05, 3.63) is 55.0 Å². The van der Waals surface area contributed by atoms with E-state index < -0.39 is 5.97 Å². The zero-order chi connectivity index (χ0) is 15.7. The quantitative estimate of drug-likeness (QED) is 0.487. The summed E-state index contributed by atoms with van der Waals surface area (Å²) in [4.78, 5) is 11.6. The van der Waals surface area contributed by atoms with Gasteiger partial charge in [-0.1, -0.05) is 30.3 Å². The van der Waals surface area contributed by atoms with E-state index in [-0.39, 0.29) is 0 Å². The number of hydrogen-bond acceptors (Lipinski definition) is 2. The number of aryl methyl sites for hydroxylation is 2. The number of aromatic nitrogens is 1. The number of benzene rings is 1. The van der Waals surface area contributed by atoms with Gasteiger partial charge in [0.2, 0.25) is 0 Å². The molecule has 1 aromatic carbocycles. The Balaban J connectivity index is 1.88. The van der Waals surface area contributed by atoms with Crippen LogP contribution in [-0.4, -0.2) is 15.6 Å². The largest absolute Gasteiger partial charge is 0.477 e. The van der Waals surface area contributed by atoms with Crippen molar-refractivity contribution in [2.45, 2.75) is 19.4 Å². The van der Waals surface area contributed by atoms with Crippen molar-refractivity contribution >= 4 is 66.0 Å². The molecule has 0 atom stereocenters. The Bertz CT molecular complexity index is 826. The summed E-state index contributed by atoms with van der Waals surface area (Å²) in [5.41, 5.74) is 2.69. The molecular weight excluding hydrogens is 477 g/mol. The summed E-state index contributed by atoms with van der Waals surface area (Å²) in [7, 11) is 0. The minimum atomic E-state index is -0.858. The molecule has 3 aromatic rings. The number of carboxylic acid groups (broad SMARTS) is 1. The average molecular weight is 490 g/mol. The molecule has 0 aliphatic heterocycles. The van der Waals surface area contributed by atoms with E-state index >= 15 is 0 Å². The fourth-order valence-electron chi connectivity index (χ4n) is 2.58. The van der Waals surface area contributed by atoms with Gasteiger partial charge in [-0.2, -0.15) is 0 Å². The van der Waals surface area contributed by atoms with Crippen molar-refractivity contribution in [1.82, 2.24) is 4.57 Å². The molecule has 0 fully saturated rings. The molecule has 0 saturated heterocycles. The van der Waals surface area contributed by atoms with Crippen molar-refractivity contribution in [3.63, 3.8) is 0 Å². The summed E-state index contributed by atoms with van der Waals surface area (Å²) in [6.45, 7) is 0.708. The van der Waals surface area contributed by atoms with Gasteiger partial charge < -0.3 is 9.67 Å². The van der Waals surface area contributed by atoms with Gasteiger partial charge in [0.05, 0.1) is 17.6 Å². The van der Waals surface area contributed by atoms with Crippen LogP contribution in [0.3, 0.4) is 0 Å². The second kappa shape index (κ2) is 6.72. The SMILES string of the molecule is O=C(O)c1c(I)c2sc(Br)cc2n1CCCc1ccccc1. The van der Waals surface area contributed by atoms with E-state index in [9.17, 15) is 9.90 Å². The molecule has 0 saturated carbocycles. The lowest BCUT2D eigenvalue weighted by atomic mass is 10.1. The highest BCUT2D eigenvalue weighted by Gasteiger charge is 2.22. The Morgan fingerprint density at radius 2 is 2.05 bits per heavy atom. The Labute approximate surface area is 154 Å². The lowest BCUT2D eigenvalue weighted by molar-refractivity contribution is 0.0684. The number of thiophene rings is 1. The molecule has 22 heavy (non-hydrogen) atoms. The van der Waals surface area contributed by atoms with Crippen molar-refractivity contribution < 1.29 is 9.90 Å². The molecule has 3 nitrogen and oxygen atoms in total. The fraction of sp³-hybridized carbons (Fsp3) is 0.188. The zero-order valence-electron chi connectivity index (χ0n) is 11.6. The molecule has 3 rings (SSSR count). The van der Waals surface area contributed by atoms with Crippen molar-refractivity contribution in [1.29, 1.82) is 0 Å². The molecule has 0 amide bonds. The fourth-order valence-corrected chi connectivity index (χ4v) is 5.24. The van der Waals surface area contributed by atoms with Gasteiger partial charge in [-0.25, -0.2) is 4.79 Å². The third kappa shape index (κ3) is 3.09. The topological polar surface area (TPSA) is 42.2 Å². The maximum atomic E-state index is 11.6. The summed E-state index contributed by atoms with van der Waals surface area (Å²) in [6.07, 6.45) is 1.86. The highest BCUT2D eigenvalue weighted by molar-refractivity contribution is 14.1. The van der Waals surface area contributed by atoms with Crippen LogP contribution in [0.5, 0.6) is 0 Å². The van der Waals surface area contributed by atoms with Crippen molar-refractivity contribution in [3.8, 4) is 0 Å². The van der Waals surface area contributed by atoms with Crippen LogP contribution in [0.25, 0.3) is 10.2 Å². The van der Waals surface area contributed by atoms with E-state index in [1.165, 1.54) is 5.56 Å². The van der Waals surface area contributed by atoms with Crippen LogP contribution in [0.4, 0.5) is 0 Å². The number of aromatic carboxylic acids is 1. The van der Waals surface area contributed by atoms with Gasteiger partial charge in [-0.3, -0.25) is 0 Å². The highest BCUT2D eigenvalue weighted by atomic mass is 127. The molecule has 0 aliphatic carbocycles. The summed E-state index contributed by atoms with van der Waals surface area (Å²) in [5, 5.41) is 9.52. The molecule has 2 heterocycles. The monoisotopic (exact) mass is 489 g/mol. The zero-order valence-corrected chi connectivity index (χ0v) is 16.1. The molecule has 0 spiro atoms. The molecule has 0 radical (unpaired) electrons. The van der Waals surface area contributed by atoms with Crippen molar-refractivity contribution in [2.24, 2.45) is 0 Å². The molecule has 0 bridgehead atoms.